The molecule has 2 amide bonds. The smallest absolute Gasteiger partial charge is 0.256 e. The highest BCUT2D eigenvalue weighted by molar-refractivity contribution is 6.32. The summed E-state index contributed by atoms with van der Waals surface area (Å²) >= 11 is 5.84. The van der Waals surface area contributed by atoms with Crippen molar-refractivity contribution in [3.05, 3.63) is 23.8 Å². The molecule has 1 N–H and O–H groups in total. The Bertz CT molecular complexity index is 636. The Kier molecular flexibility index (Phi) is 5.84. The molecule has 3 rings (SSSR count). The van der Waals surface area contributed by atoms with Crippen molar-refractivity contribution in [1.82, 2.24) is 4.90 Å². The largest absolute Gasteiger partial charge is 0.371 e. The van der Waals surface area contributed by atoms with Crippen LogP contribution >= 0.6 is 11.6 Å². The summed E-state index contributed by atoms with van der Waals surface area (Å²) in [5.41, 5.74) is 2.29. The summed E-state index contributed by atoms with van der Waals surface area (Å²) < 4.78 is 0. The molecule has 0 radical (unpaired) electrons. The van der Waals surface area contributed by atoms with E-state index in [1.165, 1.54) is 6.42 Å². The number of benzene rings is 1. The second-order valence-corrected chi connectivity index (χ2v) is 7.54. The van der Waals surface area contributed by atoms with Crippen LogP contribution in [0.25, 0.3) is 0 Å². The number of nitrogens with one attached hydrogen (secondary N) is 1. The highest BCUT2D eigenvalue weighted by atomic mass is 35.5. The zero-order valence-electron chi connectivity index (χ0n) is 14.8. The Balaban J connectivity index is 1.90. The first-order chi connectivity index (χ1) is 12.1. The average molecular weight is 364 g/mol. The number of rotatable bonds is 4. The minimum atomic E-state index is -0.612. The molecule has 136 valence electrons. The molecular weight excluding hydrogens is 338 g/mol. The minimum absolute atomic E-state index is 0.0631. The van der Waals surface area contributed by atoms with Crippen LogP contribution in [0.1, 0.15) is 49.4 Å². The van der Waals surface area contributed by atoms with Gasteiger partial charge in [0.1, 0.15) is 5.38 Å². The number of alkyl halides is 1. The number of amides is 2. The molecule has 0 spiro atoms. The standard InChI is InChI=1S/C19H26ClN3O2/c1-14(20)18(24)21-15-7-8-17(22-9-3-2-4-10-22)16(13-15)19(25)23-11-5-6-12-23/h7-8,13-14H,2-6,9-12H2,1H3,(H,21,24). The van der Waals surface area contributed by atoms with Gasteiger partial charge in [0.15, 0.2) is 0 Å². The summed E-state index contributed by atoms with van der Waals surface area (Å²) in [4.78, 5) is 29.1. The van der Waals surface area contributed by atoms with E-state index in [0.717, 1.165) is 57.5 Å². The van der Waals surface area contributed by atoms with Gasteiger partial charge in [0, 0.05) is 37.6 Å². The van der Waals surface area contributed by atoms with Gasteiger partial charge in [0.2, 0.25) is 5.91 Å². The quantitative estimate of drug-likeness (QED) is 0.833. The topological polar surface area (TPSA) is 52.7 Å². The first-order valence-electron chi connectivity index (χ1n) is 9.19. The lowest BCUT2D eigenvalue weighted by Gasteiger charge is -2.31. The lowest BCUT2D eigenvalue weighted by molar-refractivity contribution is -0.115. The Morgan fingerprint density at radius 2 is 1.68 bits per heavy atom. The van der Waals surface area contributed by atoms with Crippen LogP contribution < -0.4 is 10.2 Å². The number of carbonyl (C=O) groups excluding carboxylic acids is 2. The SMILES string of the molecule is CC(Cl)C(=O)Nc1ccc(N2CCCCC2)c(C(=O)N2CCCC2)c1. The average Bonchev–Trinajstić information content (AvgIpc) is 3.16. The normalized spacial score (nSPS) is 19.0. The number of halogens is 1. The number of nitrogens with zero attached hydrogens (tertiary/aromatic N) is 2. The maximum absolute atomic E-state index is 13.0. The van der Waals surface area contributed by atoms with Crippen molar-refractivity contribution in [2.24, 2.45) is 0 Å². The molecule has 25 heavy (non-hydrogen) atoms. The van der Waals surface area contributed by atoms with E-state index >= 15 is 0 Å². The molecular formula is C19H26ClN3O2. The molecule has 0 saturated carbocycles. The molecule has 1 unspecified atom stereocenters. The maximum Gasteiger partial charge on any atom is 0.256 e. The number of piperidine rings is 1. The predicted molar refractivity (Wildman–Crippen MR) is 102 cm³/mol. The van der Waals surface area contributed by atoms with Crippen molar-refractivity contribution < 1.29 is 9.59 Å². The van der Waals surface area contributed by atoms with Gasteiger partial charge in [-0.25, -0.2) is 0 Å². The summed E-state index contributed by atoms with van der Waals surface area (Å²) in [5.74, 6) is -0.194. The molecule has 2 fully saturated rings. The molecule has 2 heterocycles. The van der Waals surface area contributed by atoms with E-state index in [1.54, 1.807) is 6.92 Å². The Hall–Kier alpha value is -1.75. The van der Waals surface area contributed by atoms with Crippen LogP contribution in [0, 0.1) is 0 Å². The summed E-state index contributed by atoms with van der Waals surface area (Å²) in [6.07, 6.45) is 5.67. The number of carbonyl (C=O) groups is 2. The van der Waals surface area contributed by atoms with Crippen molar-refractivity contribution in [2.45, 2.75) is 44.4 Å². The lowest BCUT2D eigenvalue weighted by Crippen LogP contribution is -2.34. The van der Waals surface area contributed by atoms with E-state index in [2.05, 4.69) is 10.2 Å². The third-order valence-corrected chi connectivity index (χ3v) is 5.14. The van der Waals surface area contributed by atoms with Crippen LogP contribution in [0.4, 0.5) is 11.4 Å². The van der Waals surface area contributed by atoms with Gasteiger partial charge in [-0.1, -0.05) is 0 Å². The molecule has 2 saturated heterocycles. The maximum atomic E-state index is 13.0. The third kappa shape index (κ3) is 4.27. The Labute approximate surface area is 154 Å². The van der Waals surface area contributed by atoms with Crippen LogP contribution in [0.2, 0.25) is 0 Å². The van der Waals surface area contributed by atoms with E-state index in [9.17, 15) is 9.59 Å². The third-order valence-electron chi connectivity index (χ3n) is 4.95. The van der Waals surface area contributed by atoms with Gasteiger partial charge in [0.05, 0.1) is 5.56 Å². The fourth-order valence-corrected chi connectivity index (χ4v) is 3.58. The van der Waals surface area contributed by atoms with E-state index in [4.69, 9.17) is 11.6 Å². The van der Waals surface area contributed by atoms with Crippen molar-refractivity contribution in [3.63, 3.8) is 0 Å². The molecule has 0 bridgehead atoms. The lowest BCUT2D eigenvalue weighted by atomic mass is 10.1. The van der Waals surface area contributed by atoms with Crippen LogP contribution in [-0.2, 0) is 4.79 Å². The highest BCUT2D eigenvalue weighted by Gasteiger charge is 2.25. The summed E-state index contributed by atoms with van der Waals surface area (Å²) in [6, 6.07) is 5.63. The minimum Gasteiger partial charge on any atom is -0.371 e. The van der Waals surface area contributed by atoms with Crippen molar-refractivity contribution in [2.75, 3.05) is 36.4 Å². The van der Waals surface area contributed by atoms with E-state index in [0.29, 0.717) is 11.3 Å². The molecule has 1 aromatic carbocycles. The molecule has 2 aliphatic rings. The van der Waals surface area contributed by atoms with Crippen LogP contribution in [0.15, 0.2) is 18.2 Å². The second kappa shape index (κ2) is 8.09. The van der Waals surface area contributed by atoms with Gasteiger partial charge in [0.25, 0.3) is 5.91 Å². The van der Waals surface area contributed by atoms with Gasteiger partial charge in [-0.05, 0) is 57.2 Å². The highest BCUT2D eigenvalue weighted by Crippen LogP contribution is 2.29. The molecule has 1 aromatic rings. The monoisotopic (exact) mass is 363 g/mol. The number of hydrogen-bond acceptors (Lipinski definition) is 3. The van der Waals surface area contributed by atoms with Crippen LogP contribution in [0.5, 0.6) is 0 Å². The molecule has 0 aromatic heterocycles. The Morgan fingerprint density at radius 3 is 2.32 bits per heavy atom. The fraction of sp³-hybridized carbons (Fsp3) is 0.579. The van der Waals surface area contributed by atoms with E-state index in [1.807, 2.05) is 23.1 Å². The number of hydrogen-bond donors (Lipinski definition) is 1. The second-order valence-electron chi connectivity index (χ2n) is 6.88. The Morgan fingerprint density at radius 1 is 1.04 bits per heavy atom. The van der Waals surface area contributed by atoms with Crippen molar-refractivity contribution in [3.8, 4) is 0 Å². The van der Waals surface area contributed by atoms with Gasteiger partial charge < -0.3 is 15.1 Å². The van der Waals surface area contributed by atoms with Gasteiger partial charge >= 0.3 is 0 Å². The van der Waals surface area contributed by atoms with Crippen LogP contribution in [-0.4, -0.2) is 48.3 Å². The molecule has 6 heteroatoms. The summed E-state index contributed by atoms with van der Waals surface area (Å²) in [6.45, 7) is 5.21. The summed E-state index contributed by atoms with van der Waals surface area (Å²) in [7, 11) is 0. The van der Waals surface area contributed by atoms with Gasteiger partial charge in [-0.15, -0.1) is 11.6 Å². The molecule has 1 atom stereocenters. The zero-order valence-corrected chi connectivity index (χ0v) is 15.5. The van der Waals surface area contributed by atoms with E-state index in [-0.39, 0.29) is 11.8 Å². The fourth-order valence-electron chi connectivity index (χ4n) is 3.53. The van der Waals surface area contributed by atoms with Crippen molar-refractivity contribution >= 4 is 34.8 Å². The van der Waals surface area contributed by atoms with Gasteiger partial charge in [-0.3, -0.25) is 9.59 Å². The molecule has 0 aliphatic carbocycles. The number of anilines is 2. The summed E-state index contributed by atoms with van der Waals surface area (Å²) in [5, 5.41) is 2.19. The first-order valence-corrected chi connectivity index (χ1v) is 9.63. The number of likely N-dealkylation sites (tertiary alicyclic amines) is 1. The first kappa shape index (κ1) is 18.1. The van der Waals surface area contributed by atoms with Crippen LogP contribution in [0.3, 0.4) is 0 Å². The zero-order chi connectivity index (χ0) is 17.8. The molecule has 5 nitrogen and oxygen atoms in total. The van der Waals surface area contributed by atoms with Gasteiger partial charge in [-0.2, -0.15) is 0 Å². The van der Waals surface area contributed by atoms with Crippen molar-refractivity contribution in [1.29, 1.82) is 0 Å². The molecule has 2 aliphatic heterocycles. The predicted octanol–water partition coefficient (Wildman–Crippen LogP) is 3.48. The van der Waals surface area contributed by atoms with E-state index < -0.39 is 5.38 Å².